The van der Waals surface area contributed by atoms with E-state index in [-0.39, 0.29) is 23.5 Å². The van der Waals surface area contributed by atoms with Crippen LogP contribution in [-0.2, 0) is 12.4 Å². The largest absolute Gasteiger partial charge is 0.416 e. The summed E-state index contributed by atoms with van der Waals surface area (Å²) in [4.78, 5) is 32.4. The van der Waals surface area contributed by atoms with Gasteiger partial charge in [0.25, 0.3) is 10.9 Å². The van der Waals surface area contributed by atoms with Crippen LogP contribution in [0, 0.1) is 11.8 Å². The highest BCUT2D eigenvalue weighted by Gasteiger charge is 2.44. The summed E-state index contributed by atoms with van der Waals surface area (Å²) in [5.74, 6) is 1.00. The number of rotatable bonds is 7. The van der Waals surface area contributed by atoms with Crippen LogP contribution in [0.5, 0.6) is 0 Å². The lowest BCUT2D eigenvalue weighted by Gasteiger charge is -2.52. The zero-order valence-corrected chi connectivity index (χ0v) is 23.0. The number of halogens is 6. The highest BCUT2D eigenvalue weighted by atomic mass is 19.4. The summed E-state index contributed by atoms with van der Waals surface area (Å²) in [6.45, 7) is 3.88. The average Bonchev–Trinajstić information content (AvgIpc) is 2.99. The second-order valence-electron chi connectivity index (χ2n) is 11.4. The van der Waals surface area contributed by atoms with Gasteiger partial charge in [-0.25, -0.2) is 0 Å². The second-order valence-corrected chi connectivity index (χ2v) is 11.4. The Labute approximate surface area is 242 Å². The first-order chi connectivity index (χ1) is 20.3. The Morgan fingerprint density at radius 2 is 1.63 bits per heavy atom. The number of para-hydroxylation sites is 1. The number of fused-ring (bicyclic) bond motifs is 4. The Hall–Kier alpha value is -3.93. The molecule has 0 radical (unpaired) electrons. The van der Waals surface area contributed by atoms with Gasteiger partial charge in [0.1, 0.15) is 11.4 Å². The Morgan fingerprint density at radius 3 is 2.26 bits per heavy atom. The molecule has 3 saturated heterocycles. The summed E-state index contributed by atoms with van der Waals surface area (Å²) >= 11 is 0. The maximum Gasteiger partial charge on any atom is 0.416 e. The number of piperidine rings is 3. The lowest BCUT2D eigenvalue weighted by atomic mass is 9.72. The number of hydrogen-bond donors (Lipinski definition) is 2. The molecule has 6 nitrogen and oxygen atoms in total. The van der Waals surface area contributed by atoms with E-state index < -0.39 is 46.1 Å². The molecular formula is C31H28F6N4O2. The van der Waals surface area contributed by atoms with Gasteiger partial charge >= 0.3 is 12.4 Å². The van der Waals surface area contributed by atoms with E-state index in [9.17, 15) is 35.9 Å². The van der Waals surface area contributed by atoms with Gasteiger partial charge in [0.15, 0.2) is 0 Å². The number of pyridine rings is 1. The predicted octanol–water partition coefficient (Wildman–Crippen LogP) is 6.89. The zero-order chi connectivity index (χ0) is 30.7. The van der Waals surface area contributed by atoms with Crippen LogP contribution >= 0.6 is 0 Å². The molecule has 4 unspecified atom stereocenters. The van der Waals surface area contributed by atoms with Crippen LogP contribution in [0.15, 0.2) is 64.3 Å². The van der Waals surface area contributed by atoms with Crippen LogP contribution in [-0.4, -0.2) is 29.0 Å². The molecule has 3 aromatic carbocycles. The van der Waals surface area contributed by atoms with Gasteiger partial charge in [-0.2, -0.15) is 26.3 Å². The molecule has 3 fully saturated rings. The standard InChI is InChI=1S/C31H28F6N4O2/c1-2-16-15-41-10-8-17(16)11-24(41)25(22-7-9-38-23-6-4-3-5-21(22)23)40-27-26(28(42)29(27)43)39-20-13-18(30(32,33)34)12-19(14-20)31(35,36)37/h3-7,9,12-14,16-17,24-25,39-40H,2,8,10-11,15H2,1H3/t16?,17?,24-,25?/m1/s1. The molecule has 7 rings (SSSR count). The first kappa shape index (κ1) is 29.2. The van der Waals surface area contributed by atoms with Crippen molar-refractivity contribution in [3.63, 3.8) is 0 Å². The van der Waals surface area contributed by atoms with Crippen molar-refractivity contribution in [3.8, 4) is 0 Å². The average molecular weight is 603 g/mol. The van der Waals surface area contributed by atoms with E-state index in [0.29, 0.717) is 24.0 Å². The summed E-state index contributed by atoms with van der Waals surface area (Å²) in [6, 6.07) is 9.70. The van der Waals surface area contributed by atoms with Crippen molar-refractivity contribution in [3.05, 3.63) is 91.9 Å². The smallest absolute Gasteiger partial charge is 0.372 e. The minimum atomic E-state index is -5.06. The number of anilines is 3. The molecule has 226 valence electrons. The van der Waals surface area contributed by atoms with Crippen molar-refractivity contribution in [1.82, 2.24) is 9.88 Å². The van der Waals surface area contributed by atoms with Crippen LogP contribution in [0.25, 0.3) is 10.9 Å². The summed E-state index contributed by atoms with van der Waals surface area (Å²) in [5, 5.41) is 6.46. The molecule has 0 spiro atoms. The van der Waals surface area contributed by atoms with Crippen LogP contribution in [0.2, 0.25) is 0 Å². The van der Waals surface area contributed by atoms with E-state index in [1.165, 1.54) is 0 Å². The molecule has 0 amide bonds. The van der Waals surface area contributed by atoms with E-state index in [4.69, 9.17) is 0 Å². The topological polar surface area (TPSA) is 74.3 Å². The van der Waals surface area contributed by atoms with E-state index in [0.717, 1.165) is 48.8 Å². The van der Waals surface area contributed by atoms with Gasteiger partial charge < -0.3 is 10.6 Å². The molecule has 43 heavy (non-hydrogen) atoms. The monoisotopic (exact) mass is 602 g/mol. The lowest BCUT2D eigenvalue weighted by Crippen LogP contribution is -2.56. The molecule has 12 heteroatoms. The van der Waals surface area contributed by atoms with Crippen molar-refractivity contribution < 1.29 is 26.3 Å². The molecule has 3 aliphatic rings. The molecule has 2 N–H and O–H groups in total. The van der Waals surface area contributed by atoms with Crippen molar-refractivity contribution >= 4 is 28.0 Å². The van der Waals surface area contributed by atoms with Crippen molar-refractivity contribution in [1.29, 1.82) is 0 Å². The first-order valence-corrected chi connectivity index (χ1v) is 14.1. The molecule has 2 bridgehead atoms. The first-order valence-electron chi connectivity index (χ1n) is 14.1. The number of nitrogens with zero attached hydrogens (tertiary/aromatic N) is 2. The Kier molecular flexibility index (Phi) is 7.22. The van der Waals surface area contributed by atoms with E-state index in [1.54, 1.807) is 6.20 Å². The maximum atomic E-state index is 13.5. The number of benzene rings is 2. The van der Waals surface area contributed by atoms with Gasteiger partial charge in [0.05, 0.1) is 22.7 Å². The molecule has 1 aromatic heterocycles. The summed E-state index contributed by atoms with van der Waals surface area (Å²) in [5.41, 5.74) is -4.57. The highest BCUT2D eigenvalue weighted by Crippen LogP contribution is 2.44. The fourth-order valence-corrected chi connectivity index (χ4v) is 6.73. The van der Waals surface area contributed by atoms with Crippen LogP contribution < -0.4 is 21.5 Å². The van der Waals surface area contributed by atoms with Gasteiger partial charge in [-0.05, 0) is 67.1 Å². The minimum Gasteiger partial charge on any atom is -0.372 e. The van der Waals surface area contributed by atoms with Crippen LogP contribution in [0.4, 0.5) is 43.4 Å². The molecule has 4 heterocycles. The quantitative estimate of drug-likeness (QED) is 0.177. The Balaban J connectivity index is 1.40. The number of hydrogen-bond acceptors (Lipinski definition) is 6. The van der Waals surface area contributed by atoms with Gasteiger partial charge in [0.2, 0.25) is 0 Å². The third kappa shape index (κ3) is 5.37. The Morgan fingerprint density at radius 1 is 0.953 bits per heavy atom. The summed E-state index contributed by atoms with van der Waals surface area (Å²) in [7, 11) is 0. The molecule has 0 aliphatic carbocycles. The molecule has 4 aromatic rings. The van der Waals surface area contributed by atoms with Crippen LogP contribution in [0.1, 0.15) is 48.9 Å². The lowest BCUT2D eigenvalue weighted by molar-refractivity contribution is -0.143. The Bertz CT molecular complexity index is 1710. The fourth-order valence-electron chi connectivity index (χ4n) is 6.73. The van der Waals surface area contributed by atoms with Crippen LogP contribution in [0.3, 0.4) is 0 Å². The molecule has 3 aliphatic heterocycles. The molecular weight excluding hydrogens is 574 g/mol. The van der Waals surface area contributed by atoms with Crippen molar-refractivity contribution in [2.24, 2.45) is 11.8 Å². The van der Waals surface area contributed by atoms with Gasteiger partial charge in [0, 0.05) is 29.9 Å². The van der Waals surface area contributed by atoms with Gasteiger partial charge in [-0.3, -0.25) is 19.5 Å². The summed E-state index contributed by atoms with van der Waals surface area (Å²) in [6.07, 6.45) is -5.57. The third-order valence-corrected chi connectivity index (χ3v) is 8.93. The third-order valence-electron chi connectivity index (χ3n) is 8.93. The van der Waals surface area contributed by atoms with Gasteiger partial charge in [-0.1, -0.05) is 31.5 Å². The van der Waals surface area contributed by atoms with E-state index >= 15 is 0 Å². The maximum absolute atomic E-state index is 13.5. The van der Waals surface area contributed by atoms with Crippen molar-refractivity contribution in [2.75, 3.05) is 23.7 Å². The van der Waals surface area contributed by atoms with Crippen molar-refractivity contribution in [2.45, 2.75) is 50.6 Å². The highest BCUT2D eigenvalue weighted by molar-refractivity contribution is 5.84. The number of alkyl halides is 6. The zero-order valence-electron chi connectivity index (χ0n) is 23.0. The van der Waals surface area contributed by atoms with E-state index in [2.05, 4.69) is 27.4 Å². The fraction of sp³-hybridized carbons (Fsp3) is 0.387. The number of nitrogens with one attached hydrogen (secondary N) is 2. The molecule has 0 saturated carbocycles. The molecule has 5 atom stereocenters. The summed E-state index contributed by atoms with van der Waals surface area (Å²) < 4.78 is 80.7. The SMILES string of the molecule is CCC1CN2CCC1C[C@@H]2C(Nc1c(Nc2cc(C(F)(F)F)cc(C(F)(F)F)c2)c(=O)c1=O)c1ccnc2ccccc12. The minimum absolute atomic E-state index is 0.00712. The van der Waals surface area contributed by atoms with Gasteiger partial charge in [-0.15, -0.1) is 0 Å². The number of aromatic nitrogens is 1. The van der Waals surface area contributed by atoms with E-state index in [1.807, 2.05) is 30.3 Å². The predicted molar refractivity (Wildman–Crippen MR) is 151 cm³/mol. The second kappa shape index (κ2) is 10.7. The normalized spacial score (nSPS) is 23.0.